The molecular formula is C25H43NO4. The first-order valence-electron chi connectivity index (χ1n) is 11.6. The first-order valence-corrected chi connectivity index (χ1v) is 11.6. The molecule has 0 aliphatic rings. The van der Waals surface area contributed by atoms with Crippen molar-refractivity contribution in [2.45, 2.75) is 116 Å². The first-order chi connectivity index (χ1) is 14.2. The second-order valence-electron chi connectivity index (χ2n) is 9.31. The van der Waals surface area contributed by atoms with E-state index in [2.05, 4.69) is 12.2 Å². The number of alkyl carbamates (subject to hydrolysis) is 1. The predicted molar refractivity (Wildman–Crippen MR) is 123 cm³/mol. The van der Waals surface area contributed by atoms with Gasteiger partial charge in [0.15, 0.2) is 0 Å². The molecular weight excluding hydrogens is 378 g/mol. The standard InChI is InChI=1S/C25H43NO4/c1-5-6-7-8-9-10-14-17-21(27)19-23(28)22(18-20-15-12-11-13-16-20)26-24(29)30-25(2,3)4/h11-13,15-16,21-23,27-28H,5-10,14,17-19H2,1-4H3,(H,26,29)/t21-,22-,23-/m0/s1. The number of carbonyl (C=O) groups is 1. The van der Waals surface area contributed by atoms with Gasteiger partial charge in [-0.3, -0.25) is 0 Å². The highest BCUT2D eigenvalue weighted by molar-refractivity contribution is 5.68. The molecule has 0 radical (unpaired) electrons. The fraction of sp³-hybridized carbons (Fsp3) is 0.720. The second kappa shape index (κ2) is 14.4. The molecule has 0 heterocycles. The van der Waals surface area contributed by atoms with Crippen LogP contribution in [0.25, 0.3) is 0 Å². The number of hydrogen-bond acceptors (Lipinski definition) is 4. The number of carbonyl (C=O) groups excluding carboxylic acids is 1. The second-order valence-corrected chi connectivity index (χ2v) is 9.31. The summed E-state index contributed by atoms with van der Waals surface area (Å²) in [5, 5.41) is 24.0. The van der Waals surface area contributed by atoms with Crippen molar-refractivity contribution in [2.75, 3.05) is 0 Å². The van der Waals surface area contributed by atoms with E-state index in [1.54, 1.807) is 20.8 Å². The SMILES string of the molecule is CCCCCCCCC[C@H](O)C[C@H](O)[C@H](Cc1ccccc1)NC(=O)OC(C)(C)C. The summed E-state index contributed by atoms with van der Waals surface area (Å²) in [5.41, 5.74) is 0.405. The number of nitrogens with one attached hydrogen (secondary N) is 1. The molecule has 0 bridgehead atoms. The Morgan fingerprint density at radius 1 is 1.00 bits per heavy atom. The van der Waals surface area contributed by atoms with Crippen LogP contribution in [-0.2, 0) is 11.2 Å². The summed E-state index contributed by atoms with van der Waals surface area (Å²) in [4.78, 5) is 12.3. The average Bonchev–Trinajstić information content (AvgIpc) is 2.66. The molecule has 172 valence electrons. The zero-order valence-corrected chi connectivity index (χ0v) is 19.4. The van der Waals surface area contributed by atoms with Crippen molar-refractivity contribution in [1.29, 1.82) is 0 Å². The topological polar surface area (TPSA) is 78.8 Å². The Labute approximate surface area is 183 Å². The lowest BCUT2D eigenvalue weighted by Crippen LogP contribution is -2.47. The van der Waals surface area contributed by atoms with Crippen LogP contribution in [0.15, 0.2) is 30.3 Å². The lowest BCUT2D eigenvalue weighted by atomic mass is 9.95. The van der Waals surface area contributed by atoms with Crippen molar-refractivity contribution >= 4 is 6.09 Å². The third-order valence-electron chi connectivity index (χ3n) is 5.12. The monoisotopic (exact) mass is 421 g/mol. The lowest BCUT2D eigenvalue weighted by Gasteiger charge is -2.28. The van der Waals surface area contributed by atoms with E-state index in [1.165, 1.54) is 32.1 Å². The lowest BCUT2D eigenvalue weighted by molar-refractivity contribution is 0.0291. The van der Waals surface area contributed by atoms with E-state index < -0.39 is 29.9 Å². The van der Waals surface area contributed by atoms with Gasteiger partial charge in [0.05, 0.1) is 18.2 Å². The number of aliphatic hydroxyl groups is 2. The molecule has 3 N–H and O–H groups in total. The van der Waals surface area contributed by atoms with Gasteiger partial charge in [-0.1, -0.05) is 82.2 Å². The molecule has 0 aromatic heterocycles. The summed E-state index contributed by atoms with van der Waals surface area (Å²) in [5.74, 6) is 0. The van der Waals surface area contributed by atoms with Crippen LogP contribution in [0, 0.1) is 0 Å². The molecule has 3 atom stereocenters. The number of hydrogen-bond donors (Lipinski definition) is 3. The van der Waals surface area contributed by atoms with E-state index >= 15 is 0 Å². The highest BCUT2D eigenvalue weighted by Crippen LogP contribution is 2.16. The molecule has 1 aromatic rings. The molecule has 0 spiro atoms. The summed E-state index contributed by atoms with van der Waals surface area (Å²) in [7, 11) is 0. The zero-order chi connectivity index (χ0) is 22.4. The molecule has 0 unspecified atom stereocenters. The molecule has 1 aromatic carbocycles. The van der Waals surface area contributed by atoms with Crippen LogP contribution in [0.5, 0.6) is 0 Å². The van der Waals surface area contributed by atoms with Crippen molar-refractivity contribution in [3.8, 4) is 0 Å². The molecule has 5 nitrogen and oxygen atoms in total. The first kappa shape index (κ1) is 26.4. The maximum Gasteiger partial charge on any atom is 0.407 e. The fourth-order valence-electron chi connectivity index (χ4n) is 3.51. The van der Waals surface area contributed by atoms with E-state index in [-0.39, 0.29) is 6.42 Å². The largest absolute Gasteiger partial charge is 0.444 e. The van der Waals surface area contributed by atoms with Crippen LogP contribution in [0.2, 0.25) is 0 Å². The number of unbranched alkanes of at least 4 members (excludes halogenated alkanes) is 6. The number of benzene rings is 1. The number of rotatable bonds is 14. The van der Waals surface area contributed by atoms with Crippen molar-refractivity contribution in [2.24, 2.45) is 0 Å². The molecule has 1 amide bonds. The third kappa shape index (κ3) is 12.9. The Bertz CT molecular complexity index is 570. The molecule has 0 aliphatic heterocycles. The van der Waals surface area contributed by atoms with E-state index in [0.29, 0.717) is 12.8 Å². The van der Waals surface area contributed by atoms with Crippen molar-refractivity contribution < 1.29 is 19.7 Å². The molecule has 0 fully saturated rings. The summed E-state index contributed by atoms with van der Waals surface area (Å²) in [6.07, 6.45) is 7.77. The summed E-state index contributed by atoms with van der Waals surface area (Å²) in [6.45, 7) is 7.63. The van der Waals surface area contributed by atoms with E-state index in [1.807, 2.05) is 30.3 Å². The Kier molecular flexibility index (Phi) is 12.7. The van der Waals surface area contributed by atoms with Gasteiger partial charge in [-0.05, 0) is 39.2 Å². The van der Waals surface area contributed by atoms with Gasteiger partial charge in [-0.2, -0.15) is 0 Å². The van der Waals surface area contributed by atoms with Crippen molar-refractivity contribution in [3.05, 3.63) is 35.9 Å². The van der Waals surface area contributed by atoms with Crippen molar-refractivity contribution in [1.82, 2.24) is 5.32 Å². The van der Waals surface area contributed by atoms with Crippen LogP contribution in [0.4, 0.5) is 4.79 Å². The molecule has 1 rings (SSSR count). The minimum Gasteiger partial charge on any atom is -0.444 e. The van der Waals surface area contributed by atoms with Gasteiger partial charge in [0, 0.05) is 6.42 Å². The number of ether oxygens (including phenoxy) is 1. The Morgan fingerprint density at radius 2 is 1.60 bits per heavy atom. The van der Waals surface area contributed by atoms with Gasteiger partial charge >= 0.3 is 6.09 Å². The van der Waals surface area contributed by atoms with Gasteiger partial charge in [-0.25, -0.2) is 4.79 Å². The van der Waals surface area contributed by atoms with Crippen LogP contribution in [0.1, 0.15) is 91.0 Å². The smallest absolute Gasteiger partial charge is 0.407 e. The molecule has 30 heavy (non-hydrogen) atoms. The predicted octanol–water partition coefficient (Wildman–Crippen LogP) is 5.38. The summed E-state index contributed by atoms with van der Waals surface area (Å²) < 4.78 is 5.36. The highest BCUT2D eigenvalue weighted by atomic mass is 16.6. The minimum absolute atomic E-state index is 0.239. The van der Waals surface area contributed by atoms with Gasteiger partial charge in [0.1, 0.15) is 5.60 Å². The van der Waals surface area contributed by atoms with Gasteiger partial charge in [0.25, 0.3) is 0 Å². The molecule has 0 aliphatic carbocycles. The average molecular weight is 422 g/mol. The normalized spacial score (nSPS) is 14.7. The van der Waals surface area contributed by atoms with Crippen molar-refractivity contribution in [3.63, 3.8) is 0 Å². The van der Waals surface area contributed by atoms with Crippen LogP contribution >= 0.6 is 0 Å². The number of amides is 1. The van der Waals surface area contributed by atoms with Crippen LogP contribution in [0.3, 0.4) is 0 Å². The van der Waals surface area contributed by atoms with Gasteiger partial charge < -0.3 is 20.3 Å². The van der Waals surface area contributed by atoms with E-state index in [4.69, 9.17) is 4.74 Å². The van der Waals surface area contributed by atoms with Crippen LogP contribution < -0.4 is 5.32 Å². The minimum atomic E-state index is -0.850. The fourth-order valence-corrected chi connectivity index (χ4v) is 3.51. The molecule has 0 saturated carbocycles. The van der Waals surface area contributed by atoms with E-state index in [9.17, 15) is 15.0 Å². The summed E-state index contributed by atoms with van der Waals surface area (Å²) >= 11 is 0. The van der Waals surface area contributed by atoms with Gasteiger partial charge in [0.2, 0.25) is 0 Å². The highest BCUT2D eigenvalue weighted by Gasteiger charge is 2.26. The molecule has 0 saturated heterocycles. The quantitative estimate of drug-likeness (QED) is 0.353. The molecule has 5 heteroatoms. The zero-order valence-electron chi connectivity index (χ0n) is 19.4. The Morgan fingerprint density at radius 3 is 2.20 bits per heavy atom. The maximum atomic E-state index is 12.3. The summed E-state index contributed by atoms with van der Waals surface area (Å²) in [6, 6.07) is 9.20. The Balaban J connectivity index is 2.52. The Hall–Kier alpha value is -1.59. The number of aliphatic hydroxyl groups excluding tert-OH is 2. The van der Waals surface area contributed by atoms with Crippen LogP contribution in [-0.4, -0.2) is 40.2 Å². The third-order valence-corrected chi connectivity index (χ3v) is 5.12. The maximum absolute atomic E-state index is 12.3. The van der Waals surface area contributed by atoms with E-state index in [0.717, 1.165) is 18.4 Å². The van der Waals surface area contributed by atoms with Gasteiger partial charge in [-0.15, -0.1) is 0 Å².